The van der Waals surface area contributed by atoms with Crippen LogP contribution in [0.3, 0.4) is 0 Å². The van der Waals surface area contributed by atoms with Gasteiger partial charge in [0.05, 0.1) is 13.2 Å². The molecule has 2 rings (SSSR count). The fraction of sp³-hybridized carbons (Fsp3) is 0.571. The van der Waals surface area contributed by atoms with Crippen LogP contribution in [-0.4, -0.2) is 30.0 Å². The number of hydrogen-bond acceptors (Lipinski definition) is 6. The lowest BCUT2D eigenvalue weighted by atomic mass is 10.1. The Morgan fingerprint density at radius 2 is 1.08 bits per heavy atom. The molecule has 2 aromatic carbocycles. The van der Waals surface area contributed by atoms with E-state index in [2.05, 4.69) is 29.8 Å². The topological polar surface area (TPSA) is 86.7 Å². The summed E-state index contributed by atoms with van der Waals surface area (Å²) >= 11 is 3.34. The Morgan fingerprint density at radius 3 is 1.68 bits per heavy atom. The van der Waals surface area contributed by atoms with Crippen molar-refractivity contribution in [1.29, 1.82) is 0 Å². The summed E-state index contributed by atoms with van der Waals surface area (Å²) in [5.41, 5.74) is 0.508. The van der Waals surface area contributed by atoms with Crippen LogP contribution < -0.4 is 0 Å². The molecule has 0 N–H and O–H groups in total. The van der Waals surface area contributed by atoms with Crippen molar-refractivity contribution in [2.24, 2.45) is 0 Å². The summed E-state index contributed by atoms with van der Waals surface area (Å²) in [6.07, 6.45) is 12.1. The number of benzene rings is 2. The van der Waals surface area contributed by atoms with Gasteiger partial charge in [-0.1, -0.05) is 108 Å². The molecule has 0 aliphatic carbocycles. The smallest absolute Gasteiger partial charge is 0.266 e. The van der Waals surface area contributed by atoms with Crippen LogP contribution in [0.4, 0.5) is 0 Å². The summed E-state index contributed by atoms with van der Waals surface area (Å²) in [6, 6.07) is 11.2. The molecule has 0 saturated heterocycles. The molecular formula is C28H41BrO6S2. The zero-order chi connectivity index (χ0) is 27.2. The van der Waals surface area contributed by atoms with Crippen molar-refractivity contribution in [2.45, 2.75) is 101 Å². The lowest BCUT2D eigenvalue weighted by Crippen LogP contribution is -2.12. The summed E-state index contributed by atoms with van der Waals surface area (Å²) in [5, 5.41) is 0. The third kappa shape index (κ3) is 10.4. The van der Waals surface area contributed by atoms with Gasteiger partial charge in [0.25, 0.3) is 20.2 Å². The third-order valence-corrected chi connectivity index (χ3v) is 9.85. The average Bonchev–Trinajstić information content (AvgIpc) is 2.87. The van der Waals surface area contributed by atoms with Crippen molar-refractivity contribution >= 4 is 36.2 Å². The van der Waals surface area contributed by atoms with E-state index in [1.54, 1.807) is 36.4 Å². The Hall–Kier alpha value is -1.26. The Kier molecular flexibility index (Phi) is 14.4. The number of halogens is 1. The lowest BCUT2D eigenvalue weighted by Gasteiger charge is -2.16. The van der Waals surface area contributed by atoms with E-state index in [0.717, 1.165) is 51.4 Å². The summed E-state index contributed by atoms with van der Waals surface area (Å²) in [7, 11) is -8.24. The molecule has 37 heavy (non-hydrogen) atoms. The number of rotatable bonds is 19. The van der Waals surface area contributed by atoms with E-state index in [-0.39, 0.29) is 34.1 Å². The Labute approximate surface area is 232 Å². The van der Waals surface area contributed by atoms with Gasteiger partial charge in [-0.25, -0.2) is 0 Å². The molecule has 0 aliphatic heterocycles. The molecule has 0 aliphatic rings. The molecular weight excluding hydrogens is 576 g/mol. The van der Waals surface area contributed by atoms with Gasteiger partial charge in [-0.05, 0) is 40.9 Å². The highest BCUT2D eigenvalue weighted by molar-refractivity contribution is 9.10. The Balaban J connectivity index is 2.20. The standard InChI is InChI=1S/C28H41BrO6S2/c1-3-5-7-9-11-15-22-34-36(30,31)27-21-14-13-18-24(27)25-19-17-20-26(29)28(25)37(32,33)35-23-16-12-10-8-6-4-2/h13-14,17-21H,3-12,15-16,22-23H2,1-2H3. The van der Waals surface area contributed by atoms with E-state index in [1.165, 1.54) is 18.9 Å². The summed E-state index contributed by atoms with van der Waals surface area (Å²) in [6.45, 7) is 4.47. The van der Waals surface area contributed by atoms with Crippen LogP contribution in [0, 0.1) is 0 Å². The first kappa shape index (κ1) is 32.0. The van der Waals surface area contributed by atoms with Crippen molar-refractivity contribution in [3.05, 3.63) is 46.9 Å². The molecule has 0 saturated carbocycles. The Morgan fingerprint density at radius 1 is 0.595 bits per heavy atom. The van der Waals surface area contributed by atoms with Gasteiger partial charge in [0.15, 0.2) is 0 Å². The van der Waals surface area contributed by atoms with Crippen LogP contribution in [0.15, 0.2) is 56.7 Å². The normalized spacial score (nSPS) is 12.2. The van der Waals surface area contributed by atoms with Gasteiger partial charge in [0.1, 0.15) is 9.79 Å². The first-order chi connectivity index (χ1) is 17.7. The van der Waals surface area contributed by atoms with E-state index in [4.69, 9.17) is 8.37 Å². The minimum atomic E-state index is -4.14. The van der Waals surface area contributed by atoms with Crippen LogP contribution in [0.1, 0.15) is 90.9 Å². The predicted molar refractivity (Wildman–Crippen MR) is 153 cm³/mol. The van der Waals surface area contributed by atoms with E-state index in [1.807, 2.05) is 0 Å². The maximum atomic E-state index is 13.2. The number of unbranched alkanes of at least 4 members (excludes halogenated alkanes) is 10. The van der Waals surface area contributed by atoms with Gasteiger partial charge in [-0.2, -0.15) is 16.8 Å². The van der Waals surface area contributed by atoms with Crippen LogP contribution in [0.5, 0.6) is 0 Å². The first-order valence-electron chi connectivity index (χ1n) is 13.4. The van der Waals surface area contributed by atoms with E-state index >= 15 is 0 Å². The minimum absolute atomic E-state index is 0.0635. The zero-order valence-corrected chi connectivity index (χ0v) is 25.3. The van der Waals surface area contributed by atoms with Crippen LogP contribution in [0.2, 0.25) is 0 Å². The fourth-order valence-electron chi connectivity index (χ4n) is 4.11. The second kappa shape index (κ2) is 16.6. The van der Waals surface area contributed by atoms with Gasteiger partial charge >= 0.3 is 0 Å². The average molecular weight is 618 g/mol. The molecule has 9 heteroatoms. The summed E-state index contributed by atoms with van der Waals surface area (Å²) < 4.78 is 63.7. The molecule has 0 bridgehead atoms. The second-order valence-corrected chi connectivity index (χ2v) is 13.2. The lowest BCUT2D eigenvalue weighted by molar-refractivity contribution is 0.305. The van der Waals surface area contributed by atoms with Crippen molar-refractivity contribution < 1.29 is 25.2 Å². The highest BCUT2D eigenvalue weighted by Crippen LogP contribution is 2.37. The molecule has 0 aromatic heterocycles. The highest BCUT2D eigenvalue weighted by Gasteiger charge is 2.28. The monoisotopic (exact) mass is 616 g/mol. The van der Waals surface area contributed by atoms with Gasteiger partial charge < -0.3 is 0 Å². The molecule has 0 heterocycles. The molecule has 6 nitrogen and oxygen atoms in total. The van der Waals surface area contributed by atoms with Crippen molar-refractivity contribution in [3.8, 4) is 11.1 Å². The van der Waals surface area contributed by atoms with Gasteiger partial charge in [-0.15, -0.1) is 0 Å². The largest absolute Gasteiger partial charge is 0.298 e. The molecule has 208 valence electrons. The van der Waals surface area contributed by atoms with Crippen molar-refractivity contribution in [2.75, 3.05) is 13.2 Å². The minimum Gasteiger partial charge on any atom is -0.266 e. The molecule has 0 fully saturated rings. The molecule has 0 spiro atoms. The molecule has 0 radical (unpaired) electrons. The van der Waals surface area contributed by atoms with E-state index in [0.29, 0.717) is 17.3 Å². The molecule has 0 amide bonds. The molecule has 0 unspecified atom stereocenters. The maximum absolute atomic E-state index is 13.2. The quantitative estimate of drug-likeness (QED) is 0.117. The zero-order valence-electron chi connectivity index (χ0n) is 22.1. The van der Waals surface area contributed by atoms with Gasteiger partial charge in [-0.3, -0.25) is 8.37 Å². The van der Waals surface area contributed by atoms with E-state index in [9.17, 15) is 16.8 Å². The number of hydrogen-bond donors (Lipinski definition) is 0. The molecule has 0 atom stereocenters. The van der Waals surface area contributed by atoms with Crippen LogP contribution >= 0.6 is 15.9 Å². The van der Waals surface area contributed by atoms with Crippen molar-refractivity contribution in [1.82, 2.24) is 0 Å². The van der Waals surface area contributed by atoms with Crippen LogP contribution in [0.25, 0.3) is 11.1 Å². The molecule has 2 aromatic rings. The maximum Gasteiger partial charge on any atom is 0.298 e. The second-order valence-electron chi connectivity index (χ2n) is 9.20. The van der Waals surface area contributed by atoms with Crippen LogP contribution in [-0.2, 0) is 28.6 Å². The highest BCUT2D eigenvalue weighted by atomic mass is 79.9. The van der Waals surface area contributed by atoms with Crippen molar-refractivity contribution in [3.63, 3.8) is 0 Å². The summed E-state index contributed by atoms with van der Waals surface area (Å²) in [5.74, 6) is 0. The SMILES string of the molecule is CCCCCCCCOS(=O)(=O)c1ccccc1-c1cccc(Br)c1S(=O)(=O)OCCCCCCCC. The summed E-state index contributed by atoms with van der Waals surface area (Å²) in [4.78, 5) is -0.147. The third-order valence-electron chi connectivity index (χ3n) is 6.14. The Bertz CT molecular complexity index is 1160. The first-order valence-corrected chi connectivity index (χ1v) is 17.0. The fourth-order valence-corrected chi connectivity index (χ4v) is 7.43. The van der Waals surface area contributed by atoms with Gasteiger partial charge in [0.2, 0.25) is 0 Å². The van der Waals surface area contributed by atoms with Gasteiger partial charge in [0, 0.05) is 15.6 Å². The predicted octanol–water partition coefficient (Wildman–Crippen LogP) is 8.25. The van der Waals surface area contributed by atoms with E-state index < -0.39 is 20.2 Å².